The number of aromatic nitrogens is 1. The standard InChI is InChI=1S/C12H17N/c1-4-6-7-8-12-10(3)13-9-11(12)5-2/h4,6-9,13H,5H2,1-3H3/b6-4-,8-7-. The Morgan fingerprint density at radius 1 is 1.38 bits per heavy atom. The van der Waals surface area contributed by atoms with Gasteiger partial charge < -0.3 is 4.98 Å². The maximum atomic E-state index is 3.24. The van der Waals surface area contributed by atoms with Gasteiger partial charge in [-0.25, -0.2) is 0 Å². The molecule has 1 aromatic rings. The van der Waals surface area contributed by atoms with E-state index in [1.807, 2.05) is 19.1 Å². The number of aryl methyl sites for hydroxylation is 2. The first-order chi connectivity index (χ1) is 6.29. The normalized spacial score (nSPS) is 11.9. The molecule has 13 heavy (non-hydrogen) atoms. The van der Waals surface area contributed by atoms with E-state index >= 15 is 0 Å². The van der Waals surface area contributed by atoms with Crippen molar-refractivity contribution in [1.82, 2.24) is 4.98 Å². The summed E-state index contributed by atoms with van der Waals surface area (Å²) in [4.78, 5) is 3.24. The number of allylic oxidation sites excluding steroid dienone is 3. The van der Waals surface area contributed by atoms with E-state index in [-0.39, 0.29) is 0 Å². The number of hydrogen-bond acceptors (Lipinski definition) is 0. The molecular formula is C12H17N. The molecule has 0 saturated heterocycles. The average molecular weight is 175 g/mol. The first kappa shape index (κ1) is 9.85. The fourth-order valence-corrected chi connectivity index (χ4v) is 1.38. The van der Waals surface area contributed by atoms with Crippen LogP contribution in [-0.4, -0.2) is 4.98 Å². The molecule has 0 saturated carbocycles. The molecule has 0 aliphatic carbocycles. The Bertz CT molecular complexity index is 316. The Hall–Kier alpha value is -1.24. The summed E-state index contributed by atoms with van der Waals surface area (Å²) in [6.07, 6.45) is 11.5. The van der Waals surface area contributed by atoms with Crippen molar-refractivity contribution in [2.75, 3.05) is 0 Å². The first-order valence-corrected chi connectivity index (χ1v) is 4.75. The zero-order valence-electron chi connectivity index (χ0n) is 8.59. The molecule has 0 radical (unpaired) electrons. The molecular weight excluding hydrogens is 158 g/mol. The summed E-state index contributed by atoms with van der Waals surface area (Å²) in [5, 5.41) is 0. The zero-order valence-corrected chi connectivity index (χ0v) is 8.59. The van der Waals surface area contributed by atoms with Gasteiger partial charge in [0, 0.05) is 11.9 Å². The molecule has 1 heterocycles. The zero-order chi connectivity index (χ0) is 9.68. The maximum Gasteiger partial charge on any atom is 0.0191 e. The summed E-state index contributed by atoms with van der Waals surface area (Å²) >= 11 is 0. The van der Waals surface area contributed by atoms with Crippen LogP contribution < -0.4 is 0 Å². The molecule has 0 bridgehead atoms. The highest BCUT2D eigenvalue weighted by Crippen LogP contribution is 2.15. The van der Waals surface area contributed by atoms with Crippen molar-refractivity contribution in [2.24, 2.45) is 0 Å². The van der Waals surface area contributed by atoms with Crippen molar-refractivity contribution in [3.05, 3.63) is 41.2 Å². The van der Waals surface area contributed by atoms with Crippen LogP contribution in [0, 0.1) is 6.92 Å². The Balaban J connectivity index is 2.91. The molecule has 0 fully saturated rings. The smallest absolute Gasteiger partial charge is 0.0191 e. The lowest BCUT2D eigenvalue weighted by molar-refractivity contribution is 1.14. The quantitative estimate of drug-likeness (QED) is 0.677. The van der Waals surface area contributed by atoms with Gasteiger partial charge >= 0.3 is 0 Å². The molecule has 1 heteroatoms. The SMILES string of the molecule is C/C=C\C=C/c1c(CC)c[nH]c1C. The molecule has 1 aromatic heterocycles. The average Bonchev–Trinajstić information content (AvgIpc) is 2.48. The molecule has 0 amide bonds. The largest absolute Gasteiger partial charge is 0.364 e. The van der Waals surface area contributed by atoms with Gasteiger partial charge in [0.05, 0.1) is 0 Å². The highest BCUT2D eigenvalue weighted by atomic mass is 14.7. The van der Waals surface area contributed by atoms with Crippen molar-refractivity contribution in [2.45, 2.75) is 27.2 Å². The molecule has 70 valence electrons. The number of rotatable bonds is 3. The summed E-state index contributed by atoms with van der Waals surface area (Å²) in [7, 11) is 0. The monoisotopic (exact) mass is 175 g/mol. The van der Waals surface area contributed by atoms with Crippen LogP contribution in [0.3, 0.4) is 0 Å². The second kappa shape index (κ2) is 4.70. The lowest BCUT2D eigenvalue weighted by Gasteiger charge is -1.94. The maximum absolute atomic E-state index is 3.24. The molecule has 0 aliphatic rings. The van der Waals surface area contributed by atoms with E-state index in [1.165, 1.54) is 16.8 Å². The van der Waals surface area contributed by atoms with Crippen molar-refractivity contribution >= 4 is 6.08 Å². The van der Waals surface area contributed by atoms with Crippen LogP contribution in [0.5, 0.6) is 0 Å². The Labute approximate surface area is 80.2 Å². The van der Waals surface area contributed by atoms with Gasteiger partial charge in [-0.3, -0.25) is 0 Å². The summed E-state index contributed by atoms with van der Waals surface area (Å²) in [6, 6.07) is 0. The summed E-state index contributed by atoms with van der Waals surface area (Å²) in [5.41, 5.74) is 3.97. The van der Waals surface area contributed by atoms with Crippen molar-refractivity contribution in [3.8, 4) is 0 Å². The van der Waals surface area contributed by atoms with Crippen molar-refractivity contribution in [3.63, 3.8) is 0 Å². The molecule has 0 aromatic carbocycles. The summed E-state index contributed by atoms with van der Waals surface area (Å²) < 4.78 is 0. The van der Waals surface area contributed by atoms with Crippen LogP contribution in [0.2, 0.25) is 0 Å². The van der Waals surface area contributed by atoms with E-state index in [0.29, 0.717) is 0 Å². The van der Waals surface area contributed by atoms with Crippen LogP contribution in [0.1, 0.15) is 30.7 Å². The van der Waals surface area contributed by atoms with Gasteiger partial charge in [0.2, 0.25) is 0 Å². The van der Waals surface area contributed by atoms with E-state index in [1.54, 1.807) is 0 Å². The molecule has 1 N–H and O–H groups in total. The van der Waals surface area contributed by atoms with Crippen LogP contribution in [0.25, 0.3) is 6.08 Å². The predicted molar refractivity (Wildman–Crippen MR) is 58.8 cm³/mol. The van der Waals surface area contributed by atoms with Gasteiger partial charge in [-0.2, -0.15) is 0 Å². The van der Waals surface area contributed by atoms with Gasteiger partial charge in [0.1, 0.15) is 0 Å². The second-order valence-corrected chi connectivity index (χ2v) is 3.09. The van der Waals surface area contributed by atoms with Crippen LogP contribution in [0.15, 0.2) is 24.4 Å². The number of aromatic amines is 1. The minimum Gasteiger partial charge on any atom is -0.364 e. The number of nitrogens with one attached hydrogen (secondary N) is 1. The van der Waals surface area contributed by atoms with E-state index in [0.717, 1.165) is 6.42 Å². The topological polar surface area (TPSA) is 15.8 Å². The third-order valence-corrected chi connectivity index (χ3v) is 2.16. The van der Waals surface area contributed by atoms with Gasteiger partial charge in [-0.15, -0.1) is 0 Å². The van der Waals surface area contributed by atoms with E-state index < -0.39 is 0 Å². The van der Waals surface area contributed by atoms with Gasteiger partial charge in [-0.1, -0.05) is 31.2 Å². The minimum atomic E-state index is 1.08. The first-order valence-electron chi connectivity index (χ1n) is 4.75. The van der Waals surface area contributed by atoms with Gasteiger partial charge in [-0.05, 0) is 31.4 Å². The van der Waals surface area contributed by atoms with Gasteiger partial charge in [0.15, 0.2) is 0 Å². The van der Waals surface area contributed by atoms with E-state index in [9.17, 15) is 0 Å². The van der Waals surface area contributed by atoms with Crippen LogP contribution in [-0.2, 0) is 6.42 Å². The fourth-order valence-electron chi connectivity index (χ4n) is 1.38. The Kier molecular flexibility index (Phi) is 3.56. The molecule has 1 nitrogen and oxygen atoms in total. The Morgan fingerprint density at radius 3 is 2.77 bits per heavy atom. The predicted octanol–water partition coefficient (Wildman–Crippen LogP) is 3.47. The number of H-pyrrole nitrogens is 1. The fraction of sp³-hybridized carbons (Fsp3) is 0.333. The molecule has 0 aliphatic heterocycles. The molecule has 0 spiro atoms. The lowest BCUT2D eigenvalue weighted by atomic mass is 10.1. The summed E-state index contributed by atoms with van der Waals surface area (Å²) in [6.45, 7) is 6.30. The van der Waals surface area contributed by atoms with Crippen LogP contribution in [0.4, 0.5) is 0 Å². The second-order valence-electron chi connectivity index (χ2n) is 3.09. The number of hydrogen-bond donors (Lipinski definition) is 1. The minimum absolute atomic E-state index is 1.08. The van der Waals surface area contributed by atoms with E-state index in [4.69, 9.17) is 0 Å². The molecule has 0 atom stereocenters. The van der Waals surface area contributed by atoms with Crippen LogP contribution >= 0.6 is 0 Å². The van der Waals surface area contributed by atoms with E-state index in [2.05, 4.69) is 37.2 Å². The highest BCUT2D eigenvalue weighted by Gasteiger charge is 2.01. The third-order valence-electron chi connectivity index (χ3n) is 2.16. The van der Waals surface area contributed by atoms with Crippen molar-refractivity contribution in [1.29, 1.82) is 0 Å². The van der Waals surface area contributed by atoms with Crippen molar-refractivity contribution < 1.29 is 0 Å². The highest BCUT2D eigenvalue weighted by molar-refractivity contribution is 5.57. The lowest BCUT2D eigenvalue weighted by Crippen LogP contribution is -1.80. The third kappa shape index (κ3) is 2.35. The molecule has 0 unspecified atom stereocenters. The molecule has 1 rings (SSSR count). The summed E-state index contributed by atoms with van der Waals surface area (Å²) in [5.74, 6) is 0. The Morgan fingerprint density at radius 2 is 2.15 bits per heavy atom. The van der Waals surface area contributed by atoms with Gasteiger partial charge in [0.25, 0.3) is 0 Å².